The minimum absolute atomic E-state index is 0.0741. The van der Waals surface area contributed by atoms with E-state index in [-0.39, 0.29) is 17.4 Å². The van der Waals surface area contributed by atoms with E-state index in [4.69, 9.17) is 5.11 Å². The fraction of sp³-hybridized carbons (Fsp3) is 0.235. The van der Waals surface area contributed by atoms with Crippen molar-refractivity contribution in [2.24, 2.45) is 0 Å². The van der Waals surface area contributed by atoms with E-state index in [1.807, 2.05) is 13.0 Å². The van der Waals surface area contributed by atoms with Crippen molar-refractivity contribution < 1.29 is 14.3 Å². The number of aromatic carboxylic acids is 1. The molecule has 0 heterocycles. The summed E-state index contributed by atoms with van der Waals surface area (Å²) in [7, 11) is 0. The molecule has 2 aromatic carbocycles. The van der Waals surface area contributed by atoms with Crippen molar-refractivity contribution in [3.05, 3.63) is 64.5 Å². The summed E-state index contributed by atoms with van der Waals surface area (Å²) in [6, 6.07) is 10.2. The van der Waals surface area contributed by atoms with E-state index < -0.39 is 5.97 Å². The Hall–Kier alpha value is -2.36. The van der Waals surface area contributed by atoms with Gasteiger partial charge in [-0.3, -0.25) is 0 Å². The molecule has 108 valence electrons. The van der Waals surface area contributed by atoms with E-state index >= 15 is 0 Å². The monoisotopic (exact) mass is 285 g/mol. The zero-order valence-corrected chi connectivity index (χ0v) is 11.7. The summed E-state index contributed by atoms with van der Waals surface area (Å²) in [6.45, 7) is 1.87. The molecule has 1 unspecified atom stereocenters. The van der Waals surface area contributed by atoms with Gasteiger partial charge < -0.3 is 10.4 Å². The number of carboxylic acids is 1. The maximum absolute atomic E-state index is 13.7. The predicted molar refractivity (Wildman–Crippen MR) is 79.2 cm³/mol. The maximum Gasteiger partial charge on any atom is 0.335 e. The largest absolute Gasteiger partial charge is 0.478 e. The average molecular weight is 285 g/mol. The van der Waals surface area contributed by atoms with Gasteiger partial charge in [0.1, 0.15) is 5.82 Å². The zero-order chi connectivity index (χ0) is 15.0. The molecule has 4 heteroatoms. The van der Waals surface area contributed by atoms with Gasteiger partial charge in [0.15, 0.2) is 0 Å². The highest BCUT2D eigenvalue weighted by molar-refractivity contribution is 5.88. The fourth-order valence-corrected chi connectivity index (χ4v) is 2.91. The van der Waals surface area contributed by atoms with Gasteiger partial charge in [0.05, 0.1) is 11.6 Å². The van der Waals surface area contributed by atoms with E-state index in [1.54, 1.807) is 24.3 Å². The number of nitrogens with one attached hydrogen (secondary N) is 1. The number of rotatable bonds is 3. The summed E-state index contributed by atoms with van der Waals surface area (Å²) in [5.74, 6) is -1.08. The second-order valence-corrected chi connectivity index (χ2v) is 5.38. The summed E-state index contributed by atoms with van der Waals surface area (Å²) in [4.78, 5) is 10.9. The van der Waals surface area contributed by atoms with Crippen LogP contribution in [0.2, 0.25) is 0 Å². The van der Waals surface area contributed by atoms with Crippen LogP contribution in [-0.4, -0.2) is 11.1 Å². The molecule has 0 aliphatic heterocycles. The highest BCUT2D eigenvalue weighted by Crippen LogP contribution is 2.35. The average Bonchev–Trinajstić information content (AvgIpc) is 2.85. The Morgan fingerprint density at radius 1 is 1.33 bits per heavy atom. The van der Waals surface area contributed by atoms with Gasteiger partial charge in [-0.1, -0.05) is 12.1 Å². The van der Waals surface area contributed by atoms with E-state index in [2.05, 4.69) is 5.32 Å². The van der Waals surface area contributed by atoms with Gasteiger partial charge in [-0.15, -0.1) is 0 Å². The predicted octanol–water partition coefficient (Wildman–Crippen LogP) is 3.93. The highest BCUT2D eigenvalue weighted by atomic mass is 19.1. The van der Waals surface area contributed by atoms with Gasteiger partial charge in [-0.25, -0.2) is 9.18 Å². The molecule has 0 aromatic heterocycles. The molecular formula is C17H16FNO2. The van der Waals surface area contributed by atoms with Crippen LogP contribution in [0, 0.1) is 12.7 Å². The van der Waals surface area contributed by atoms with E-state index in [9.17, 15) is 9.18 Å². The molecule has 0 saturated carbocycles. The fourth-order valence-electron chi connectivity index (χ4n) is 2.91. The standard InChI is InChI=1S/C17H16FNO2/c1-10-9-11(17(20)21)5-7-15(10)19-16-8-6-12-13(16)3-2-4-14(12)18/h2-5,7,9,16,19H,6,8H2,1H3,(H,20,21). The molecular weight excluding hydrogens is 269 g/mol. The lowest BCUT2D eigenvalue weighted by molar-refractivity contribution is 0.0697. The van der Waals surface area contributed by atoms with Crippen LogP contribution >= 0.6 is 0 Å². The van der Waals surface area contributed by atoms with Crippen molar-refractivity contribution in [2.45, 2.75) is 25.8 Å². The van der Waals surface area contributed by atoms with Gasteiger partial charge in [-0.05, 0) is 60.7 Å². The molecule has 21 heavy (non-hydrogen) atoms. The van der Waals surface area contributed by atoms with Crippen LogP contribution in [0.3, 0.4) is 0 Å². The van der Waals surface area contributed by atoms with Crippen molar-refractivity contribution >= 4 is 11.7 Å². The van der Waals surface area contributed by atoms with Crippen molar-refractivity contribution in [2.75, 3.05) is 5.32 Å². The van der Waals surface area contributed by atoms with Crippen LogP contribution in [0.25, 0.3) is 0 Å². The van der Waals surface area contributed by atoms with E-state index in [1.165, 1.54) is 6.07 Å². The number of hydrogen-bond acceptors (Lipinski definition) is 2. The van der Waals surface area contributed by atoms with Crippen LogP contribution in [0.1, 0.15) is 39.5 Å². The first kappa shape index (κ1) is 13.6. The van der Waals surface area contributed by atoms with Gasteiger partial charge in [0.25, 0.3) is 0 Å². The number of halogens is 1. The summed E-state index contributed by atoms with van der Waals surface area (Å²) in [5, 5.41) is 12.4. The first-order valence-corrected chi connectivity index (χ1v) is 6.94. The van der Waals surface area contributed by atoms with Crippen molar-refractivity contribution in [1.29, 1.82) is 0 Å². The van der Waals surface area contributed by atoms with Crippen molar-refractivity contribution in [1.82, 2.24) is 0 Å². The zero-order valence-electron chi connectivity index (χ0n) is 11.7. The maximum atomic E-state index is 13.7. The number of fused-ring (bicyclic) bond motifs is 1. The highest BCUT2D eigenvalue weighted by Gasteiger charge is 2.25. The lowest BCUT2D eigenvalue weighted by Crippen LogP contribution is -2.09. The van der Waals surface area contributed by atoms with E-state index in [0.29, 0.717) is 0 Å². The first-order chi connectivity index (χ1) is 10.1. The Morgan fingerprint density at radius 3 is 2.86 bits per heavy atom. The Morgan fingerprint density at radius 2 is 2.14 bits per heavy atom. The normalized spacial score (nSPS) is 16.6. The smallest absolute Gasteiger partial charge is 0.335 e. The van der Waals surface area contributed by atoms with Crippen LogP contribution < -0.4 is 5.32 Å². The molecule has 3 rings (SSSR count). The molecule has 1 aliphatic rings. The first-order valence-electron chi connectivity index (χ1n) is 6.94. The summed E-state index contributed by atoms with van der Waals surface area (Å²) >= 11 is 0. The van der Waals surface area contributed by atoms with E-state index in [0.717, 1.165) is 35.2 Å². The third-order valence-electron chi connectivity index (χ3n) is 4.02. The Balaban J connectivity index is 1.86. The van der Waals surface area contributed by atoms with Crippen molar-refractivity contribution in [3.8, 4) is 0 Å². The van der Waals surface area contributed by atoms with Gasteiger partial charge in [-0.2, -0.15) is 0 Å². The molecule has 0 spiro atoms. The second kappa shape index (κ2) is 5.20. The van der Waals surface area contributed by atoms with Gasteiger partial charge in [0.2, 0.25) is 0 Å². The Labute approximate surface area is 122 Å². The van der Waals surface area contributed by atoms with Gasteiger partial charge in [0, 0.05) is 5.69 Å². The lowest BCUT2D eigenvalue weighted by Gasteiger charge is -2.17. The molecule has 3 nitrogen and oxygen atoms in total. The minimum atomic E-state index is -0.932. The number of aryl methyl sites for hydroxylation is 1. The number of anilines is 1. The topological polar surface area (TPSA) is 49.3 Å². The number of carbonyl (C=O) groups is 1. The molecule has 0 bridgehead atoms. The number of hydrogen-bond donors (Lipinski definition) is 2. The van der Waals surface area contributed by atoms with Crippen LogP contribution in [0.15, 0.2) is 36.4 Å². The lowest BCUT2D eigenvalue weighted by atomic mass is 10.1. The third kappa shape index (κ3) is 2.49. The molecule has 1 atom stereocenters. The molecule has 2 aromatic rings. The second-order valence-electron chi connectivity index (χ2n) is 5.38. The molecule has 2 N–H and O–H groups in total. The van der Waals surface area contributed by atoms with Crippen LogP contribution in [-0.2, 0) is 6.42 Å². The van der Waals surface area contributed by atoms with Crippen LogP contribution in [0.5, 0.6) is 0 Å². The summed E-state index contributed by atoms with van der Waals surface area (Å²) in [5.41, 5.74) is 3.82. The third-order valence-corrected chi connectivity index (χ3v) is 4.02. The quantitative estimate of drug-likeness (QED) is 0.898. The summed E-state index contributed by atoms with van der Waals surface area (Å²) in [6.07, 6.45) is 1.57. The molecule has 0 radical (unpaired) electrons. The molecule has 0 fully saturated rings. The number of benzene rings is 2. The summed E-state index contributed by atoms with van der Waals surface area (Å²) < 4.78 is 13.7. The molecule has 1 aliphatic carbocycles. The van der Waals surface area contributed by atoms with Crippen molar-refractivity contribution in [3.63, 3.8) is 0 Å². The van der Waals surface area contributed by atoms with Crippen LogP contribution in [0.4, 0.5) is 10.1 Å². The SMILES string of the molecule is Cc1cc(C(=O)O)ccc1NC1CCc2c(F)cccc21. The molecule has 0 saturated heterocycles. The molecule has 0 amide bonds. The Bertz CT molecular complexity index is 712. The Kier molecular flexibility index (Phi) is 3.37. The number of carboxylic acid groups (broad SMARTS) is 1. The minimum Gasteiger partial charge on any atom is -0.478 e. The van der Waals surface area contributed by atoms with Gasteiger partial charge >= 0.3 is 5.97 Å².